The molecule has 2 aromatic rings. The fourth-order valence-electron chi connectivity index (χ4n) is 5.40. The molecule has 9 heteroatoms. The van der Waals surface area contributed by atoms with E-state index in [1.54, 1.807) is 25.1 Å². The minimum atomic E-state index is -0.904. The summed E-state index contributed by atoms with van der Waals surface area (Å²) in [6, 6.07) is 3.25. The Labute approximate surface area is 210 Å². The van der Waals surface area contributed by atoms with E-state index in [9.17, 15) is 24.9 Å². The van der Waals surface area contributed by atoms with Crippen LogP contribution in [0.5, 0.6) is 17.2 Å². The predicted octanol–water partition coefficient (Wildman–Crippen LogP) is 3.39. The van der Waals surface area contributed by atoms with Crippen LogP contribution >= 0.6 is 0 Å². The molecule has 1 atom stereocenters. The molecular formula is C27H33N3O6. The van der Waals surface area contributed by atoms with Crippen molar-refractivity contribution in [3.63, 3.8) is 0 Å². The van der Waals surface area contributed by atoms with Crippen molar-refractivity contribution in [1.29, 1.82) is 0 Å². The molecule has 0 aromatic heterocycles. The van der Waals surface area contributed by atoms with E-state index in [-0.39, 0.29) is 51.9 Å². The summed E-state index contributed by atoms with van der Waals surface area (Å²) in [6.07, 6.45) is 2.22. The maximum Gasteiger partial charge on any atom is 0.256 e. The number of fused-ring (bicyclic) bond motifs is 3. The lowest BCUT2D eigenvalue weighted by atomic mass is 9.70. The van der Waals surface area contributed by atoms with Gasteiger partial charge in [0.25, 0.3) is 5.91 Å². The van der Waals surface area contributed by atoms with Crippen molar-refractivity contribution in [2.45, 2.75) is 32.6 Å². The van der Waals surface area contributed by atoms with Crippen LogP contribution < -0.4 is 20.3 Å². The quantitative estimate of drug-likeness (QED) is 0.429. The summed E-state index contributed by atoms with van der Waals surface area (Å²) in [4.78, 5) is 29.8. The number of hydrogen-bond acceptors (Lipinski definition) is 8. The number of carbonyl (C=O) groups excluding carboxylic acids is 2. The zero-order valence-corrected chi connectivity index (χ0v) is 21.3. The van der Waals surface area contributed by atoms with Crippen LogP contribution in [0.3, 0.4) is 0 Å². The van der Waals surface area contributed by atoms with Gasteiger partial charge in [0.15, 0.2) is 11.5 Å². The summed E-state index contributed by atoms with van der Waals surface area (Å²) in [6.45, 7) is 2.22. The van der Waals surface area contributed by atoms with E-state index < -0.39 is 17.6 Å². The van der Waals surface area contributed by atoms with Crippen molar-refractivity contribution in [3.8, 4) is 17.2 Å². The molecule has 0 spiro atoms. The van der Waals surface area contributed by atoms with Gasteiger partial charge in [-0.1, -0.05) is 13.3 Å². The third-order valence-corrected chi connectivity index (χ3v) is 6.96. The molecule has 2 aliphatic carbocycles. The van der Waals surface area contributed by atoms with Gasteiger partial charge in [0.2, 0.25) is 0 Å². The van der Waals surface area contributed by atoms with Gasteiger partial charge >= 0.3 is 0 Å². The molecule has 2 aromatic carbocycles. The van der Waals surface area contributed by atoms with Gasteiger partial charge in [0.1, 0.15) is 22.8 Å². The summed E-state index contributed by atoms with van der Waals surface area (Å²) < 4.78 is 5.94. The van der Waals surface area contributed by atoms with Gasteiger partial charge in [-0.05, 0) is 48.4 Å². The molecule has 0 heterocycles. The Morgan fingerprint density at radius 2 is 1.72 bits per heavy atom. The van der Waals surface area contributed by atoms with Crippen LogP contribution in [0.1, 0.15) is 57.2 Å². The topological polar surface area (TPSA) is 137 Å². The van der Waals surface area contributed by atoms with Crippen LogP contribution in [0.25, 0.3) is 5.76 Å². The second-order valence-electron chi connectivity index (χ2n) is 9.76. The number of Topliss-reactive ketones (excluding diaryl/α,β-unsaturated/α-hetero) is 1. The third-order valence-electron chi connectivity index (χ3n) is 6.96. The van der Waals surface area contributed by atoms with Crippen molar-refractivity contribution >= 4 is 28.8 Å². The van der Waals surface area contributed by atoms with Crippen LogP contribution in [0.15, 0.2) is 17.7 Å². The van der Waals surface area contributed by atoms with Gasteiger partial charge in [-0.3, -0.25) is 9.59 Å². The average Bonchev–Trinajstić information content (AvgIpc) is 2.78. The predicted molar refractivity (Wildman–Crippen MR) is 139 cm³/mol. The number of ketones is 1. The molecule has 1 unspecified atom stereocenters. The van der Waals surface area contributed by atoms with Crippen LogP contribution in [0.2, 0.25) is 0 Å². The smallest absolute Gasteiger partial charge is 0.256 e. The van der Waals surface area contributed by atoms with Crippen molar-refractivity contribution in [1.82, 2.24) is 0 Å². The first-order valence-electron chi connectivity index (χ1n) is 12.0. The molecule has 192 valence electrons. The van der Waals surface area contributed by atoms with Gasteiger partial charge < -0.3 is 35.6 Å². The minimum absolute atomic E-state index is 0.0256. The minimum Gasteiger partial charge on any atom is -0.507 e. The van der Waals surface area contributed by atoms with E-state index in [2.05, 4.69) is 0 Å². The lowest BCUT2D eigenvalue weighted by Crippen LogP contribution is -2.32. The number of rotatable bonds is 7. The van der Waals surface area contributed by atoms with Crippen molar-refractivity contribution in [2.24, 2.45) is 11.7 Å². The van der Waals surface area contributed by atoms with Crippen molar-refractivity contribution < 1.29 is 29.6 Å². The second kappa shape index (κ2) is 9.29. The first kappa shape index (κ1) is 25.2. The number of ether oxygens (including phenoxy) is 1. The molecule has 0 radical (unpaired) electrons. The molecule has 0 fully saturated rings. The Morgan fingerprint density at radius 3 is 2.31 bits per heavy atom. The van der Waals surface area contributed by atoms with E-state index in [0.717, 1.165) is 12.1 Å². The SMILES string of the molecule is CCCCOc1c(C(N)=O)c(O)c(N(C)C)c2c1C(O)=C1C(=O)c3c(O)ccc(N(C)C)c3CC1C2. The number of allylic oxidation sites excluding steroid dienone is 1. The number of aliphatic hydroxyl groups excluding tert-OH is 1. The Morgan fingerprint density at radius 1 is 1.06 bits per heavy atom. The zero-order valence-electron chi connectivity index (χ0n) is 21.3. The van der Waals surface area contributed by atoms with Crippen LogP contribution in [-0.4, -0.2) is 61.8 Å². The van der Waals surface area contributed by atoms with E-state index in [1.165, 1.54) is 6.07 Å². The van der Waals surface area contributed by atoms with Gasteiger partial charge in [-0.15, -0.1) is 0 Å². The number of amides is 1. The lowest BCUT2D eigenvalue weighted by molar-refractivity contribution is 0.0990. The molecular weight excluding hydrogens is 462 g/mol. The number of aliphatic hydroxyl groups is 1. The number of primary amides is 1. The van der Waals surface area contributed by atoms with Gasteiger partial charge in [0, 0.05) is 39.5 Å². The second-order valence-corrected chi connectivity index (χ2v) is 9.76. The van der Waals surface area contributed by atoms with Gasteiger partial charge in [-0.2, -0.15) is 0 Å². The summed E-state index contributed by atoms with van der Waals surface area (Å²) in [5.74, 6) is -2.58. The van der Waals surface area contributed by atoms with E-state index in [0.29, 0.717) is 36.1 Å². The third kappa shape index (κ3) is 3.79. The molecule has 0 saturated carbocycles. The highest BCUT2D eigenvalue weighted by molar-refractivity contribution is 6.18. The Hall–Kier alpha value is -3.88. The van der Waals surface area contributed by atoms with Gasteiger partial charge in [-0.25, -0.2) is 0 Å². The number of phenolic OH excluding ortho intramolecular Hbond substituents is 1. The molecule has 5 N–H and O–H groups in total. The number of carbonyl (C=O) groups is 2. The highest BCUT2D eigenvalue weighted by Gasteiger charge is 2.43. The highest BCUT2D eigenvalue weighted by Crippen LogP contribution is 2.53. The number of hydrogen-bond donors (Lipinski definition) is 4. The summed E-state index contributed by atoms with van der Waals surface area (Å²) in [5.41, 5.74) is 8.36. The first-order chi connectivity index (χ1) is 17.0. The van der Waals surface area contributed by atoms with E-state index in [4.69, 9.17) is 10.5 Å². The van der Waals surface area contributed by atoms with E-state index in [1.807, 2.05) is 25.9 Å². The van der Waals surface area contributed by atoms with Gasteiger partial charge in [0.05, 0.1) is 23.4 Å². The van der Waals surface area contributed by atoms with Crippen LogP contribution in [0.4, 0.5) is 11.4 Å². The summed E-state index contributed by atoms with van der Waals surface area (Å²) in [7, 11) is 7.17. The Bertz CT molecular complexity index is 1300. The first-order valence-corrected chi connectivity index (χ1v) is 12.0. The molecule has 2 aliphatic rings. The number of benzene rings is 2. The number of unbranched alkanes of at least 4 members (excludes halogenated alkanes) is 1. The summed E-state index contributed by atoms with van der Waals surface area (Å²) in [5, 5.41) is 33.3. The van der Waals surface area contributed by atoms with Crippen molar-refractivity contribution in [2.75, 3.05) is 44.6 Å². The molecule has 0 aliphatic heterocycles. The maximum absolute atomic E-state index is 13.8. The number of nitrogens with two attached hydrogens (primary N) is 1. The standard InChI is InChI=1S/C27H33N3O6/c1-6-7-10-36-26-20-15(22(30(4)5)25(34)21(26)27(28)35)12-13-11-14-16(29(2)3)8-9-17(31)19(14)23(32)18(13)24(20)33/h8-9,13,31,33-34H,6-7,10-12H2,1-5H3,(H2,28,35). The lowest BCUT2D eigenvalue weighted by Gasteiger charge is -2.36. The Balaban J connectivity index is 2.04. The largest absolute Gasteiger partial charge is 0.507 e. The molecule has 0 bridgehead atoms. The van der Waals surface area contributed by atoms with Crippen LogP contribution in [-0.2, 0) is 12.8 Å². The monoisotopic (exact) mass is 495 g/mol. The normalized spacial score (nSPS) is 16.2. The zero-order chi connectivity index (χ0) is 26.5. The van der Waals surface area contributed by atoms with Crippen LogP contribution in [0, 0.1) is 5.92 Å². The molecule has 9 nitrogen and oxygen atoms in total. The number of anilines is 2. The fourth-order valence-corrected chi connectivity index (χ4v) is 5.40. The molecule has 1 amide bonds. The molecule has 36 heavy (non-hydrogen) atoms. The van der Waals surface area contributed by atoms with E-state index >= 15 is 0 Å². The number of nitrogens with zero attached hydrogens (tertiary/aromatic N) is 2. The average molecular weight is 496 g/mol. The van der Waals surface area contributed by atoms with Crippen molar-refractivity contribution in [3.05, 3.63) is 45.5 Å². The Kier molecular flexibility index (Phi) is 6.51. The molecule has 4 rings (SSSR count). The fraction of sp³-hybridized carbons (Fsp3) is 0.407. The number of phenols is 2. The highest BCUT2D eigenvalue weighted by atomic mass is 16.5. The number of aromatic hydroxyl groups is 2. The summed E-state index contributed by atoms with van der Waals surface area (Å²) >= 11 is 0. The maximum atomic E-state index is 13.8. The molecule has 0 saturated heterocycles.